The quantitative estimate of drug-likeness (QED) is 0.665. The summed E-state index contributed by atoms with van der Waals surface area (Å²) >= 11 is 0. The number of hydrogen-bond acceptors (Lipinski definition) is 1. The van der Waals surface area contributed by atoms with Crippen molar-refractivity contribution in [2.24, 2.45) is 0 Å². The molecular weight excluding hydrogens is 162 g/mol. The van der Waals surface area contributed by atoms with E-state index in [9.17, 15) is 4.79 Å². The molecule has 0 radical (unpaired) electrons. The van der Waals surface area contributed by atoms with Crippen LogP contribution in [0.1, 0.15) is 58.3 Å². The Morgan fingerprint density at radius 3 is 1.92 bits per heavy atom. The lowest BCUT2D eigenvalue weighted by atomic mass is 10.1. The summed E-state index contributed by atoms with van der Waals surface area (Å²) in [5.74, 6) is 0.129. The molecule has 0 atom stereocenters. The molecule has 76 valence electrons. The number of amides is 1. The van der Waals surface area contributed by atoms with E-state index in [2.05, 4.69) is 5.32 Å². The molecular formula is C11H21NO. The third-order valence-electron chi connectivity index (χ3n) is 2.76. The molecule has 1 rings (SSSR count). The van der Waals surface area contributed by atoms with Crippen LogP contribution in [0.5, 0.6) is 0 Å². The Labute approximate surface area is 81.1 Å². The van der Waals surface area contributed by atoms with Crippen LogP contribution in [0.2, 0.25) is 0 Å². The Balaban J connectivity index is 2.27. The van der Waals surface area contributed by atoms with Gasteiger partial charge in [-0.15, -0.1) is 0 Å². The molecule has 0 unspecified atom stereocenters. The summed E-state index contributed by atoms with van der Waals surface area (Å²) in [7, 11) is 0. The second-order valence-electron chi connectivity index (χ2n) is 4.10. The van der Waals surface area contributed by atoms with Crippen molar-refractivity contribution in [3.63, 3.8) is 0 Å². The van der Waals surface area contributed by atoms with Gasteiger partial charge in [0.05, 0.1) is 0 Å². The normalized spacial score (nSPS) is 21.3. The van der Waals surface area contributed by atoms with Crippen LogP contribution in [-0.2, 0) is 4.79 Å². The zero-order valence-electron chi connectivity index (χ0n) is 8.64. The van der Waals surface area contributed by atoms with Crippen molar-refractivity contribution in [2.75, 3.05) is 0 Å². The first-order valence-corrected chi connectivity index (χ1v) is 5.56. The van der Waals surface area contributed by atoms with E-state index in [0.717, 1.165) is 0 Å². The van der Waals surface area contributed by atoms with E-state index in [1.165, 1.54) is 51.4 Å². The Morgan fingerprint density at radius 1 is 1.00 bits per heavy atom. The van der Waals surface area contributed by atoms with Crippen LogP contribution in [0.3, 0.4) is 0 Å². The first kappa shape index (κ1) is 10.6. The van der Waals surface area contributed by atoms with Gasteiger partial charge < -0.3 is 5.32 Å². The molecule has 0 spiro atoms. The van der Waals surface area contributed by atoms with Gasteiger partial charge in [0.1, 0.15) is 0 Å². The van der Waals surface area contributed by atoms with Crippen LogP contribution in [-0.4, -0.2) is 11.9 Å². The standard InChI is InChI=1S/C11H21NO/c1-10(13)12-11-8-6-4-2-3-5-7-9-11/h11H,2-9H2,1H3,(H,12,13). The van der Waals surface area contributed by atoms with Gasteiger partial charge in [-0.1, -0.05) is 38.5 Å². The molecule has 1 aliphatic carbocycles. The fourth-order valence-corrected chi connectivity index (χ4v) is 2.06. The average molecular weight is 183 g/mol. The predicted octanol–water partition coefficient (Wildman–Crippen LogP) is 2.63. The van der Waals surface area contributed by atoms with E-state index < -0.39 is 0 Å². The van der Waals surface area contributed by atoms with Gasteiger partial charge in [-0.05, 0) is 12.8 Å². The summed E-state index contributed by atoms with van der Waals surface area (Å²) < 4.78 is 0. The van der Waals surface area contributed by atoms with Crippen molar-refractivity contribution in [3.05, 3.63) is 0 Å². The van der Waals surface area contributed by atoms with Crippen LogP contribution in [0, 0.1) is 0 Å². The fraction of sp³-hybridized carbons (Fsp3) is 0.909. The van der Waals surface area contributed by atoms with E-state index >= 15 is 0 Å². The molecule has 2 nitrogen and oxygen atoms in total. The van der Waals surface area contributed by atoms with Gasteiger partial charge in [-0.2, -0.15) is 0 Å². The highest BCUT2D eigenvalue weighted by Crippen LogP contribution is 2.16. The van der Waals surface area contributed by atoms with E-state index in [-0.39, 0.29) is 5.91 Å². The van der Waals surface area contributed by atoms with E-state index in [4.69, 9.17) is 0 Å². The van der Waals surface area contributed by atoms with Gasteiger partial charge in [-0.3, -0.25) is 4.79 Å². The average Bonchev–Trinajstić information content (AvgIpc) is 2.17. The number of carbonyl (C=O) groups excluding carboxylic acids is 1. The molecule has 1 saturated carbocycles. The number of carbonyl (C=O) groups is 1. The van der Waals surface area contributed by atoms with Crippen LogP contribution in [0.4, 0.5) is 0 Å². The third-order valence-corrected chi connectivity index (χ3v) is 2.76. The van der Waals surface area contributed by atoms with Gasteiger partial charge in [0, 0.05) is 13.0 Å². The maximum atomic E-state index is 10.9. The first-order chi connectivity index (χ1) is 6.29. The molecule has 13 heavy (non-hydrogen) atoms. The number of rotatable bonds is 1. The summed E-state index contributed by atoms with van der Waals surface area (Å²) in [6.07, 6.45) is 10.4. The lowest BCUT2D eigenvalue weighted by Crippen LogP contribution is -2.32. The minimum atomic E-state index is 0.129. The zero-order chi connectivity index (χ0) is 9.52. The van der Waals surface area contributed by atoms with E-state index in [0.29, 0.717) is 6.04 Å². The third kappa shape index (κ3) is 4.91. The molecule has 0 aliphatic heterocycles. The summed E-state index contributed by atoms with van der Waals surface area (Å²) in [5, 5.41) is 3.04. The molecule has 0 aromatic rings. The molecule has 1 amide bonds. The highest BCUT2D eigenvalue weighted by atomic mass is 16.1. The second-order valence-corrected chi connectivity index (χ2v) is 4.10. The van der Waals surface area contributed by atoms with Crippen molar-refractivity contribution in [2.45, 2.75) is 64.3 Å². The molecule has 1 N–H and O–H groups in total. The summed E-state index contributed by atoms with van der Waals surface area (Å²) in [6.45, 7) is 1.62. The fourth-order valence-electron chi connectivity index (χ4n) is 2.06. The van der Waals surface area contributed by atoms with Crippen molar-refractivity contribution in [1.82, 2.24) is 5.32 Å². The summed E-state index contributed by atoms with van der Waals surface area (Å²) in [6, 6.07) is 0.454. The predicted molar refractivity (Wildman–Crippen MR) is 54.5 cm³/mol. The summed E-state index contributed by atoms with van der Waals surface area (Å²) in [4.78, 5) is 10.9. The lowest BCUT2D eigenvalue weighted by molar-refractivity contribution is -0.119. The van der Waals surface area contributed by atoms with Crippen molar-refractivity contribution >= 4 is 5.91 Å². The molecule has 0 aromatic carbocycles. The molecule has 0 saturated heterocycles. The minimum Gasteiger partial charge on any atom is -0.354 e. The number of hydrogen-bond donors (Lipinski definition) is 1. The molecule has 2 heteroatoms. The smallest absolute Gasteiger partial charge is 0.217 e. The Hall–Kier alpha value is -0.530. The maximum absolute atomic E-state index is 10.9. The minimum absolute atomic E-state index is 0.129. The van der Waals surface area contributed by atoms with Crippen LogP contribution in [0.15, 0.2) is 0 Å². The SMILES string of the molecule is CC(=O)NC1CCCCCCCC1. The Morgan fingerprint density at radius 2 is 1.46 bits per heavy atom. The van der Waals surface area contributed by atoms with Crippen molar-refractivity contribution in [3.8, 4) is 0 Å². The van der Waals surface area contributed by atoms with Gasteiger partial charge in [0.15, 0.2) is 0 Å². The zero-order valence-corrected chi connectivity index (χ0v) is 8.64. The summed E-state index contributed by atoms with van der Waals surface area (Å²) in [5.41, 5.74) is 0. The van der Waals surface area contributed by atoms with Crippen molar-refractivity contribution in [1.29, 1.82) is 0 Å². The van der Waals surface area contributed by atoms with Crippen molar-refractivity contribution < 1.29 is 4.79 Å². The molecule has 1 fully saturated rings. The monoisotopic (exact) mass is 183 g/mol. The number of nitrogens with one attached hydrogen (secondary N) is 1. The van der Waals surface area contributed by atoms with Crippen LogP contribution in [0.25, 0.3) is 0 Å². The van der Waals surface area contributed by atoms with Crippen LogP contribution >= 0.6 is 0 Å². The maximum Gasteiger partial charge on any atom is 0.217 e. The Kier molecular flexibility index (Phi) is 4.87. The molecule has 0 aromatic heterocycles. The highest BCUT2D eigenvalue weighted by molar-refractivity contribution is 5.73. The van der Waals surface area contributed by atoms with Gasteiger partial charge in [0.25, 0.3) is 0 Å². The highest BCUT2D eigenvalue weighted by Gasteiger charge is 2.10. The topological polar surface area (TPSA) is 29.1 Å². The van der Waals surface area contributed by atoms with E-state index in [1.807, 2.05) is 0 Å². The van der Waals surface area contributed by atoms with Gasteiger partial charge in [0.2, 0.25) is 5.91 Å². The Bertz CT molecular complexity index is 146. The van der Waals surface area contributed by atoms with Gasteiger partial charge >= 0.3 is 0 Å². The molecule has 0 bridgehead atoms. The second kappa shape index (κ2) is 6.01. The first-order valence-electron chi connectivity index (χ1n) is 5.56. The van der Waals surface area contributed by atoms with Gasteiger partial charge in [-0.25, -0.2) is 0 Å². The largest absolute Gasteiger partial charge is 0.354 e. The van der Waals surface area contributed by atoms with Crippen LogP contribution < -0.4 is 5.32 Å². The van der Waals surface area contributed by atoms with E-state index in [1.54, 1.807) is 6.92 Å². The molecule has 1 aliphatic rings. The lowest BCUT2D eigenvalue weighted by Gasteiger charge is -2.16. The molecule has 0 heterocycles.